The molecule has 0 unspecified atom stereocenters. The van der Waals surface area contributed by atoms with Gasteiger partial charge in [0.2, 0.25) is 0 Å². The molecule has 0 aromatic heterocycles. The van der Waals surface area contributed by atoms with E-state index in [4.69, 9.17) is 0 Å². The van der Waals surface area contributed by atoms with Crippen LogP contribution in [0.3, 0.4) is 0 Å². The van der Waals surface area contributed by atoms with Gasteiger partial charge in [0.05, 0.1) is 5.30 Å². The van der Waals surface area contributed by atoms with Crippen LogP contribution in [0, 0.1) is 0 Å². The number of hydrogen-bond acceptors (Lipinski definition) is 1. The summed E-state index contributed by atoms with van der Waals surface area (Å²) >= 11 is 0. The second-order valence-corrected chi connectivity index (χ2v) is 6.24. The van der Waals surface area contributed by atoms with Gasteiger partial charge < -0.3 is 9.79 Å². The molecule has 0 spiro atoms. The molecule has 0 heterocycles. The summed E-state index contributed by atoms with van der Waals surface area (Å²) in [6, 6.07) is 5.26. The number of benzene rings is 1. The van der Waals surface area contributed by atoms with Crippen LogP contribution < -0.4 is 5.30 Å². The van der Waals surface area contributed by atoms with Gasteiger partial charge in [-0.2, -0.15) is 0 Å². The van der Waals surface area contributed by atoms with Crippen LogP contribution in [0.2, 0.25) is 0 Å². The van der Waals surface area contributed by atoms with E-state index in [0.29, 0.717) is 5.92 Å². The topological polar surface area (TPSA) is 57.5 Å². The second kappa shape index (κ2) is 4.70. The lowest BCUT2D eigenvalue weighted by Crippen LogP contribution is -2.13. The summed E-state index contributed by atoms with van der Waals surface area (Å²) in [5.74, 6) is 0.477. The molecule has 2 N–H and O–H groups in total. The average Bonchev–Trinajstić information content (AvgIpc) is 2.15. The highest BCUT2D eigenvalue weighted by Crippen LogP contribution is 2.37. The van der Waals surface area contributed by atoms with E-state index in [-0.39, 0.29) is 11.2 Å². The van der Waals surface area contributed by atoms with E-state index in [9.17, 15) is 14.4 Å². The van der Waals surface area contributed by atoms with Gasteiger partial charge in [-0.25, -0.2) is 0 Å². The van der Waals surface area contributed by atoms with Crippen molar-refractivity contribution in [3.05, 3.63) is 29.3 Å². The largest absolute Gasteiger partial charge is 0.356 e. The minimum atomic E-state index is -4.16. The minimum absolute atomic E-state index is 0.112. The molecule has 0 saturated carbocycles. The maximum atomic E-state index is 11.3. The Morgan fingerprint density at radius 3 is 2.00 bits per heavy atom. The molecule has 0 amide bonds. The monoisotopic (exact) mass is 242 g/mol. The van der Waals surface area contributed by atoms with Crippen molar-refractivity contribution in [3.8, 4) is 0 Å². The molecule has 0 atom stereocenters. The van der Waals surface area contributed by atoms with Crippen molar-refractivity contribution >= 4 is 12.9 Å². The zero-order chi connectivity index (χ0) is 12.5. The Hall–Kier alpha value is -0.630. The molecule has 0 radical (unpaired) electrons. The van der Waals surface area contributed by atoms with Gasteiger partial charge in [-0.15, -0.1) is 0 Å². The molecule has 0 aliphatic carbocycles. The van der Waals surface area contributed by atoms with Crippen LogP contribution in [0.15, 0.2) is 18.2 Å². The third-order valence-corrected chi connectivity index (χ3v) is 3.69. The summed E-state index contributed by atoms with van der Waals surface area (Å²) in [6.07, 6.45) is 0. The molecule has 4 heteroatoms. The van der Waals surface area contributed by atoms with E-state index >= 15 is 0 Å². The first kappa shape index (κ1) is 13.4. The molecule has 0 aliphatic rings. The van der Waals surface area contributed by atoms with Crippen molar-refractivity contribution in [2.24, 2.45) is 0 Å². The summed E-state index contributed by atoms with van der Waals surface area (Å²) in [6.45, 7) is 8.02. The van der Waals surface area contributed by atoms with E-state index in [1.54, 1.807) is 12.1 Å². The van der Waals surface area contributed by atoms with Crippen LogP contribution in [0.4, 0.5) is 0 Å². The molecule has 90 valence electrons. The van der Waals surface area contributed by atoms with Gasteiger partial charge in [-0.1, -0.05) is 39.8 Å². The molecule has 0 saturated heterocycles. The predicted molar refractivity (Wildman–Crippen MR) is 66.3 cm³/mol. The second-order valence-electron chi connectivity index (χ2n) is 4.67. The van der Waals surface area contributed by atoms with E-state index in [0.717, 1.165) is 11.1 Å². The first-order chi connectivity index (χ1) is 7.23. The first-order valence-electron chi connectivity index (χ1n) is 5.43. The normalized spacial score (nSPS) is 12.5. The molecule has 1 aromatic carbocycles. The van der Waals surface area contributed by atoms with Crippen LogP contribution in [0.1, 0.15) is 50.7 Å². The van der Waals surface area contributed by atoms with E-state index < -0.39 is 7.60 Å². The average molecular weight is 242 g/mol. The van der Waals surface area contributed by atoms with Crippen molar-refractivity contribution in [2.45, 2.75) is 39.5 Å². The summed E-state index contributed by atoms with van der Waals surface area (Å²) in [5.41, 5.74) is 1.86. The fourth-order valence-electron chi connectivity index (χ4n) is 1.66. The molecular weight excluding hydrogens is 223 g/mol. The van der Waals surface area contributed by atoms with Gasteiger partial charge in [0, 0.05) is 0 Å². The molecule has 1 rings (SSSR count). The summed E-state index contributed by atoms with van der Waals surface area (Å²) in [5, 5.41) is 0.159. The quantitative estimate of drug-likeness (QED) is 0.801. The molecule has 3 nitrogen and oxygen atoms in total. The Morgan fingerprint density at radius 1 is 1.06 bits per heavy atom. The van der Waals surface area contributed by atoms with Crippen molar-refractivity contribution in [1.82, 2.24) is 0 Å². The highest BCUT2D eigenvalue weighted by atomic mass is 31.2. The molecule has 0 bridgehead atoms. The fourth-order valence-corrected chi connectivity index (χ4v) is 2.59. The van der Waals surface area contributed by atoms with Gasteiger partial charge in [-0.05, 0) is 29.0 Å². The van der Waals surface area contributed by atoms with E-state index in [1.165, 1.54) is 0 Å². The summed E-state index contributed by atoms with van der Waals surface area (Å²) in [4.78, 5) is 18.5. The molecule has 1 aromatic rings. The molecule has 16 heavy (non-hydrogen) atoms. The third kappa shape index (κ3) is 2.94. The fraction of sp³-hybridized carbons (Fsp3) is 0.500. The van der Waals surface area contributed by atoms with Gasteiger partial charge >= 0.3 is 7.60 Å². The molecular formula is C12H19O3P. The highest BCUT2D eigenvalue weighted by Gasteiger charge is 2.23. The van der Waals surface area contributed by atoms with Crippen molar-refractivity contribution in [1.29, 1.82) is 0 Å². The van der Waals surface area contributed by atoms with Crippen LogP contribution >= 0.6 is 7.60 Å². The van der Waals surface area contributed by atoms with Crippen molar-refractivity contribution in [3.63, 3.8) is 0 Å². The minimum Gasteiger partial charge on any atom is -0.321 e. The van der Waals surface area contributed by atoms with Gasteiger partial charge in [0.25, 0.3) is 0 Å². The first-order valence-corrected chi connectivity index (χ1v) is 7.04. The van der Waals surface area contributed by atoms with Crippen LogP contribution in [-0.4, -0.2) is 9.79 Å². The molecule has 0 aliphatic heterocycles. The zero-order valence-corrected chi connectivity index (χ0v) is 11.0. The Balaban J connectivity index is 3.37. The number of hydrogen-bond donors (Lipinski definition) is 2. The third-order valence-electron chi connectivity index (χ3n) is 2.65. The van der Waals surface area contributed by atoms with E-state index in [1.807, 2.05) is 19.9 Å². The highest BCUT2D eigenvalue weighted by molar-refractivity contribution is 7.60. The Morgan fingerprint density at radius 2 is 1.62 bits per heavy atom. The van der Waals surface area contributed by atoms with Crippen LogP contribution in [0.25, 0.3) is 0 Å². The number of rotatable bonds is 3. The summed E-state index contributed by atoms with van der Waals surface area (Å²) < 4.78 is 11.3. The maximum absolute atomic E-state index is 11.3. The van der Waals surface area contributed by atoms with Gasteiger partial charge in [-0.3, -0.25) is 4.57 Å². The van der Waals surface area contributed by atoms with Crippen molar-refractivity contribution < 1.29 is 14.4 Å². The standard InChI is InChI=1S/C12H19O3P/c1-8(2)10-5-6-12(16(13,14)15)11(7-10)9(3)4/h5-9H,1-4H3,(H2,13,14,15). The SMILES string of the molecule is CC(C)c1ccc(P(=O)(O)O)c(C(C)C)c1. The van der Waals surface area contributed by atoms with E-state index in [2.05, 4.69) is 13.8 Å². The van der Waals surface area contributed by atoms with Crippen LogP contribution in [-0.2, 0) is 4.57 Å². The van der Waals surface area contributed by atoms with Gasteiger partial charge in [0.15, 0.2) is 0 Å². The maximum Gasteiger partial charge on any atom is 0.356 e. The smallest absolute Gasteiger partial charge is 0.321 e. The lowest BCUT2D eigenvalue weighted by molar-refractivity contribution is 0.387. The Labute approximate surface area is 96.7 Å². The summed E-state index contributed by atoms with van der Waals surface area (Å²) in [7, 11) is -4.16. The molecule has 0 fully saturated rings. The van der Waals surface area contributed by atoms with Crippen LogP contribution in [0.5, 0.6) is 0 Å². The lowest BCUT2D eigenvalue weighted by atomic mass is 9.96. The Kier molecular flexibility index (Phi) is 3.95. The predicted octanol–water partition coefficient (Wildman–Crippen LogP) is 2.74. The van der Waals surface area contributed by atoms with Crippen molar-refractivity contribution in [2.75, 3.05) is 0 Å². The Bertz CT molecular complexity index is 418. The van der Waals surface area contributed by atoms with Gasteiger partial charge in [0.1, 0.15) is 0 Å². The lowest BCUT2D eigenvalue weighted by Gasteiger charge is -2.16. The zero-order valence-electron chi connectivity index (χ0n) is 10.1.